The van der Waals surface area contributed by atoms with Gasteiger partial charge in [0.25, 0.3) is 5.91 Å². The lowest BCUT2D eigenvalue weighted by atomic mass is 9.91. The highest BCUT2D eigenvalue weighted by Crippen LogP contribution is 2.47. The van der Waals surface area contributed by atoms with Crippen LogP contribution in [0.5, 0.6) is 0 Å². The molecule has 0 saturated heterocycles. The Balaban J connectivity index is 2.07. The summed E-state index contributed by atoms with van der Waals surface area (Å²) in [5.74, 6) is -0.131. The number of hydrogen-bond acceptors (Lipinski definition) is 3. The number of aliphatic hydroxyl groups is 1. The Kier molecular flexibility index (Phi) is 4.59. The van der Waals surface area contributed by atoms with E-state index in [0.717, 1.165) is 25.0 Å². The molecule has 0 aromatic carbocycles. The number of hydrogen-bond donors (Lipinski definition) is 2. The number of amides is 1. The second-order valence-corrected chi connectivity index (χ2v) is 7.36. The summed E-state index contributed by atoms with van der Waals surface area (Å²) < 4.78 is 0. The van der Waals surface area contributed by atoms with E-state index in [1.165, 1.54) is 0 Å². The Morgan fingerprint density at radius 2 is 2.10 bits per heavy atom. The number of carbonyl (C=O) groups is 1. The van der Waals surface area contributed by atoms with Gasteiger partial charge < -0.3 is 10.4 Å². The van der Waals surface area contributed by atoms with Gasteiger partial charge in [-0.2, -0.15) is 0 Å². The Hall–Kier alpha value is -1.13. The number of rotatable bonds is 5. The molecule has 2 N–H and O–H groups in total. The van der Waals surface area contributed by atoms with Gasteiger partial charge in [0.05, 0.1) is 0 Å². The molecule has 1 heterocycles. The fourth-order valence-electron chi connectivity index (χ4n) is 2.31. The van der Waals surface area contributed by atoms with Crippen molar-refractivity contribution in [2.75, 3.05) is 13.2 Å². The van der Waals surface area contributed by atoms with Gasteiger partial charge in [0.1, 0.15) is 5.15 Å². The van der Waals surface area contributed by atoms with Crippen LogP contribution >= 0.6 is 11.6 Å². The quantitative estimate of drug-likeness (QED) is 0.822. The smallest absolute Gasteiger partial charge is 0.251 e. The van der Waals surface area contributed by atoms with E-state index in [2.05, 4.69) is 10.3 Å². The van der Waals surface area contributed by atoms with Gasteiger partial charge in [0.2, 0.25) is 0 Å². The van der Waals surface area contributed by atoms with Crippen molar-refractivity contribution in [3.63, 3.8) is 0 Å². The summed E-state index contributed by atoms with van der Waals surface area (Å²) >= 11 is 6.03. The van der Waals surface area contributed by atoms with Crippen LogP contribution in [0.4, 0.5) is 0 Å². The lowest BCUT2D eigenvalue weighted by Gasteiger charge is -2.19. The first-order valence-corrected chi connectivity index (χ1v) is 7.71. The Labute approximate surface area is 130 Å². The second kappa shape index (κ2) is 5.93. The molecule has 0 bridgehead atoms. The molecule has 2 rings (SSSR count). The fraction of sp³-hybridized carbons (Fsp3) is 0.625. The summed E-state index contributed by atoms with van der Waals surface area (Å²) in [4.78, 5) is 16.6. The van der Waals surface area contributed by atoms with Crippen LogP contribution in [0.15, 0.2) is 12.1 Å². The van der Waals surface area contributed by atoms with Crippen LogP contribution in [0.1, 0.15) is 56.1 Å². The molecule has 21 heavy (non-hydrogen) atoms. The lowest BCUT2D eigenvalue weighted by Crippen LogP contribution is -2.31. The van der Waals surface area contributed by atoms with Crippen molar-refractivity contribution in [3.8, 4) is 0 Å². The zero-order valence-corrected chi connectivity index (χ0v) is 13.6. The first-order chi connectivity index (χ1) is 9.76. The Bertz CT molecular complexity index is 534. The second-order valence-electron chi connectivity index (χ2n) is 6.97. The highest BCUT2D eigenvalue weighted by atomic mass is 35.5. The summed E-state index contributed by atoms with van der Waals surface area (Å²) in [6, 6.07) is 3.39. The van der Waals surface area contributed by atoms with Crippen molar-refractivity contribution in [3.05, 3.63) is 28.5 Å². The standard InChI is InChI=1S/C16H23ClN2O2/c1-15(2,3)12-8-11(9-13(17)19-12)14(21)18-10-16(4-5-16)6-7-20/h8-9,20H,4-7,10H2,1-3H3,(H,18,21). The van der Waals surface area contributed by atoms with Gasteiger partial charge in [-0.3, -0.25) is 4.79 Å². The van der Waals surface area contributed by atoms with E-state index in [4.69, 9.17) is 16.7 Å². The van der Waals surface area contributed by atoms with Gasteiger partial charge in [-0.05, 0) is 36.8 Å². The third-order valence-corrected chi connectivity index (χ3v) is 4.24. The van der Waals surface area contributed by atoms with Crippen LogP contribution < -0.4 is 5.32 Å². The van der Waals surface area contributed by atoms with Crippen molar-refractivity contribution in [1.82, 2.24) is 10.3 Å². The number of aliphatic hydroxyl groups excluding tert-OH is 1. The molecule has 1 aromatic rings. The maximum atomic E-state index is 12.3. The summed E-state index contributed by atoms with van der Waals surface area (Å²) in [5.41, 5.74) is 1.29. The molecule has 1 saturated carbocycles. The van der Waals surface area contributed by atoms with Crippen molar-refractivity contribution >= 4 is 17.5 Å². The summed E-state index contributed by atoms with van der Waals surface area (Å²) in [5, 5.41) is 12.3. The molecule has 0 unspecified atom stereocenters. The minimum atomic E-state index is -0.158. The monoisotopic (exact) mass is 310 g/mol. The van der Waals surface area contributed by atoms with Gasteiger partial charge in [-0.1, -0.05) is 32.4 Å². The molecule has 0 atom stereocenters. The molecule has 0 spiro atoms. The molecule has 1 fully saturated rings. The van der Waals surface area contributed by atoms with Crippen molar-refractivity contribution in [2.45, 2.75) is 45.4 Å². The van der Waals surface area contributed by atoms with E-state index in [1.807, 2.05) is 20.8 Å². The molecule has 5 heteroatoms. The normalized spacial score (nSPS) is 16.6. The van der Waals surface area contributed by atoms with Gasteiger partial charge in [-0.15, -0.1) is 0 Å². The molecular formula is C16H23ClN2O2. The maximum Gasteiger partial charge on any atom is 0.251 e. The van der Waals surface area contributed by atoms with Crippen LogP contribution in [0.3, 0.4) is 0 Å². The number of aromatic nitrogens is 1. The van der Waals surface area contributed by atoms with Gasteiger partial charge in [0.15, 0.2) is 0 Å². The Morgan fingerprint density at radius 1 is 1.43 bits per heavy atom. The average molecular weight is 311 g/mol. The SMILES string of the molecule is CC(C)(C)c1cc(C(=O)NCC2(CCO)CC2)cc(Cl)n1. The van der Waals surface area contributed by atoms with Gasteiger partial charge in [0, 0.05) is 29.8 Å². The van der Waals surface area contributed by atoms with Gasteiger partial charge in [-0.25, -0.2) is 4.98 Å². The molecule has 1 amide bonds. The fourth-order valence-corrected chi connectivity index (χ4v) is 2.52. The van der Waals surface area contributed by atoms with Crippen LogP contribution in [0.25, 0.3) is 0 Å². The van der Waals surface area contributed by atoms with Gasteiger partial charge >= 0.3 is 0 Å². The summed E-state index contributed by atoms with van der Waals surface area (Å²) in [6.45, 7) is 6.89. The molecule has 4 nitrogen and oxygen atoms in total. The van der Waals surface area contributed by atoms with E-state index in [1.54, 1.807) is 12.1 Å². The third kappa shape index (κ3) is 4.17. The first kappa shape index (κ1) is 16.2. The van der Waals surface area contributed by atoms with Crippen LogP contribution in [-0.4, -0.2) is 29.1 Å². The van der Waals surface area contributed by atoms with Crippen LogP contribution in [0, 0.1) is 5.41 Å². The number of halogens is 1. The largest absolute Gasteiger partial charge is 0.396 e. The number of pyridine rings is 1. The number of nitrogens with one attached hydrogen (secondary N) is 1. The van der Waals surface area contributed by atoms with E-state index >= 15 is 0 Å². The van der Waals surface area contributed by atoms with Crippen LogP contribution in [-0.2, 0) is 5.41 Å². The lowest BCUT2D eigenvalue weighted by molar-refractivity contribution is 0.0940. The maximum absolute atomic E-state index is 12.3. The molecule has 1 aliphatic rings. The third-order valence-electron chi connectivity index (χ3n) is 4.05. The molecular weight excluding hydrogens is 288 g/mol. The number of carbonyl (C=O) groups excluding carboxylic acids is 1. The molecule has 1 aliphatic carbocycles. The zero-order valence-electron chi connectivity index (χ0n) is 12.9. The van der Waals surface area contributed by atoms with E-state index in [9.17, 15) is 4.79 Å². The van der Waals surface area contributed by atoms with E-state index in [-0.39, 0.29) is 23.3 Å². The topological polar surface area (TPSA) is 62.2 Å². The van der Waals surface area contributed by atoms with E-state index < -0.39 is 0 Å². The average Bonchev–Trinajstić information content (AvgIpc) is 3.15. The van der Waals surface area contributed by atoms with Crippen LogP contribution in [0.2, 0.25) is 5.15 Å². The van der Waals surface area contributed by atoms with Crippen molar-refractivity contribution < 1.29 is 9.90 Å². The highest BCUT2D eigenvalue weighted by molar-refractivity contribution is 6.29. The van der Waals surface area contributed by atoms with Crippen molar-refractivity contribution in [1.29, 1.82) is 0 Å². The molecule has 1 aromatic heterocycles. The predicted octanol–water partition coefficient (Wildman–Crippen LogP) is 2.92. The summed E-state index contributed by atoms with van der Waals surface area (Å²) in [6.07, 6.45) is 2.88. The first-order valence-electron chi connectivity index (χ1n) is 7.33. The molecule has 0 radical (unpaired) electrons. The van der Waals surface area contributed by atoms with Crippen molar-refractivity contribution in [2.24, 2.45) is 5.41 Å². The zero-order chi connectivity index (χ0) is 15.7. The summed E-state index contributed by atoms with van der Waals surface area (Å²) in [7, 11) is 0. The Morgan fingerprint density at radius 3 is 2.62 bits per heavy atom. The predicted molar refractivity (Wildman–Crippen MR) is 83.7 cm³/mol. The highest BCUT2D eigenvalue weighted by Gasteiger charge is 2.41. The van der Waals surface area contributed by atoms with E-state index in [0.29, 0.717) is 17.3 Å². The molecule has 116 valence electrons. The number of nitrogens with zero attached hydrogens (tertiary/aromatic N) is 1. The molecule has 0 aliphatic heterocycles. The minimum Gasteiger partial charge on any atom is -0.396 e. The minimum absolute atomic E-state index is 0.105.